The number of amides is 4. The third-order valence-corrected chi connectivity index (χ3v) is 25.0. The summed E-state index contributed by atoms with van der Waals surface area (Å²) in [6.45, 7) is 51.0. The topological polar surface area (TPSA) is 208 Å². The average molecular weight is 1570 g/mol. The van der Waals surface area contributed by atoms with Gasteiger partial charge >= 0.3 is 0 Å². The number of aromatic nitrogens is 2. The van der Waals surface area contributed by atoms with E-state index in [-0.39, 0.29) is 47.8 Å². The third-order valence-electron chi connectivity index (χ3n) is 25.0. The van der Waals surface area contributed by atoms with Crippen LogP contribution in [-0.4, -0.2) is 104 Å². The van der Waals surface area contributed by atoms with Crippen molar-refractivity contribution in [1.82, 2.24) is 29.6 Å². The van der Waals surface area contributed by atoms with Crippen LogP contribution in [0.1, 0.15) is 422 Å². The lowest BCUT2D eigenvalue weighted by Crippen LogP contribution is -2.44. The molecule has 16 nitrogen and oxygen atoms in total. The number of nitrogens with two attached hydrogens (primary N) is 2. The molecule has 0 aliphatic heterocycles. The van der Waals surface area contributed by atoms with Gasteiger partial charge in [-0.15, -0.1) is 10.2 Å². The summed E-state index contributed by atoms with van der Waals surface area (Å²) in [5.41, 5.74) is 21.7. The first-order valence-electron chi connectivity index (χ1n) is 46.3. The molecule has 3 aromatic rings. The molecule has 4 amide bonds. The van der Waals surface area contributed by atoms with Crippen LogP contribution in [0.4, 0.5) is 11.4 Å². The number of rotatable bonds is 54. The van der Waals surface area contributed by atoms with Gasteiger partial charge in [0.2, 0.25) is 0 Å². The zero-order valence-corrected chi connectivity index (χ0v) is 76.3. The van der Waals surface area contributed by atoms with Gasteiger partial charge in [0, 0.05) is 84.0 Å². The number of azo groups is 2. The van der Waals surface area contributed by atoms with Crippen LogP contribution in [0, 0.1) is 34.5 Å². The summed E-state index contributed by atoms with van der Waals surface area (Å²) in [6, 6.07) is 13.2. The van der Waals surface area contributed by atoms with Gasteiger partial charge in [-0.2, -0.15) is 10.2 Å². The number of hydrogen-bond acceptors (Lipinski definition) is 12. The highest BCUT2D eigenvalue weighted by atomic mass is 16.2. The van der Waals surface area contributed by atoms with Crippen molar-refractivity contribution >= 4 is 35.0 Å². The van der Waals surface area contributed by atoms with Crippen molar-refractivity contribution in [3.8, 4) is 0 Å². The van der Waals surface area contributed by atoms with Crippen LogP contribution in [0.25, 0.3) is 0 Å². The molecular weight excluding hydrogens is 1410 g/mol. The monoisotopic (exact) mass is 1570 g/mol. The summed E-state index contributed by atoms with van der Waals surface area (Å²) >= 11 is 0. The summed E-state index contributed by atoms with van der Waals surface area (Å²) in [6.07, 6.45) is 37.9. The van der Waals surface area contributed by atoms with Crippen molar-refractivity contribution in [3.05, 3.63) is 129 Å². The molecule has 10 atom stereocenters. The molecular formula is C98H162N12O4. The van der Waals surface area contributed by atoms with Crippen molar-refractivity contribution in [2.24, 2.45) is 66.4 Å². The number of nitrogens with zero attached hydrogens (tertiary/aromatic N) is 10. The van der Waals surface area contributed by atoms with Crippen LogP contribution in [-0.2, 0) is 0 Å². The van der Waals surface area contributed by atoms with Crippen LogP contribution in [0.5, 0.6) is 0 Å². The van der Waals surface area contributed by atoms with Crippen molar-refractivity contribution < 1.29 is 19.2 Å². The minimum atomic E-state index is -0.522. The first kappa shape index (κ1) is 97.7. The molecule has 1 heterocycles. The van der Waals surface area contributed by atoms with Gasteiger partial charge in [0.1, 0.15) is 17.7 Å². The van der Waals surface area contributed by atoms with Gasteiger partial charge in [0.15, 0.2) is 0 Å². The lowest BCUT2D eigenvalue weighted by atomic mass is 9.85. The van der Waals surface area contributed by atoms with E-state index in [2.05, 4.69) is 184 Å². The molecule has 0 radical (unpaired) electrons. The van der Waals surface area contributed by atoms with Crippen LogP contribution < -0.4 is 11.5 Å². The summed E-state index contributed by atoms with van der Waals surface area (Å²) in [5.74, 6) is 0.0403. The number of unbranched alkanes of at least 4 members (excludes halogenated alkanes) is 8. The van der Waals surface area contributed by atoms with Gasteiger partial charge < -0.3 is 31.1 Å². The van der Waals surface area contributed by atoms with E-state index < -0.39 is 22.7 Å². The number of hydrogen-bond donors (Lipinski definition) is 2. The Balaban J connectivity index is 1.74. The second-order valence-corrected chi connectivity index (χ2v) is 35.8. The van der Waals surface area contributed by atoms with Gasteiger partial charge in [-0.25, -0.2) is 9.97 Å². The first-order valence-corrected chi connectivity index (χ1v) is 46.3. The van der Waals surface area contributed by atoms with E-state index in [1.807, 2.05) is 42.5 Å². The highest BCUT2D eigenvalue weighted by Crippen LogP contribution is 2.47. The lowest BCUT2D eigenvalue weighted by molar-refractivity contribution is 0.0597. The van der Waals surface area contributed by atoms with E-state index >= 15 is 19.2 Å². The maximum absolute atomic E-state index is 15.8. The molecule has 10 unspecified atom stereocenters. The van der Waals surface area contributed by atoms with Gasteiger partial charge in [-0.1, -0.05) is 293 Å². The Labute approximate surface area is 694 Å². The molecule has 1 aromatic heterocycles. The first-order chi connectivity index (χ1) is 54.6. The Bertz CT molecular complexity index is 3260. The molecule has 2 aromatic carbocycles. The predicted octanol–water partition coefficient (Wildman–Crippen LogP) is 27.0. The molecule has 5 rings (SSSR count). The minimum absolute atomic E-state index is 0.0401. The highest BCUT2D eigenvalue weighted by molar-refractivity contribution is 6.02. The Morgan fingerprint density at radius 3 is 0.789 bits per heavy atom. The van der Waals surface area contributed by atoms with Gasteiger partial charge in [0.05, 0.1) is 34.6 Å². The molecule has 2 aliphatic rings. The highest BCUT2D eigenvalue weighted by Gasteiger charge is 2.39. The van der Waals surface area contributed by atoms with Crippen LogP contribution in [0.15, 0.2) is 115 Å². The summed E-state index contributed by atoms with van der Waals surface area (Å²) in [5, 5.41) is 20.4. The van der Waals surface area contributed by atoms with E-state index in [9.17, 15) is 0 Å². The number of carbonyl (C=O) groups is 4. The Morgan fingerprint density at radius 1 is 0.342 bits per heavy atom. The smallest absolute Gasteiger partial charge is 0.254 e. The van der Waals surface area contributed by atoms with Gasteiger partial charge in [-0.05, 0) is 165 Å². The largest absolute Gasteiger partial charge is 0.399 e. The SMILES string of the molecule is CCCCC(CC)CN(C(=O)c1cc(/N=N/C2=C(N)C(c3cc(C4C=C(C(C)(C)C)C(/N=N/c5cc(C(=O)N(CC(CC)CCCC)C(CC)CCCC)cc(C(=O)N(CC(CC)CCCC)C(CC)CCCC)c5)=C4N)ncn3)C=C2C(C)(C)C)cc(C(=O)N(CC(CC)CCCC)C(CC)CCCC)c1)C(CC)CCCC. The summed E-state index contributed by atoms with van der Waals surface area (Å²) in [7, 11) is 0. The van der Waals surface area contributed by atoms with Gasteiger partial charge in [-0.3, -0.25) is 19.2 Å². The minimum Gasteiger partial charge on any atom is -0.399 e. The Morgan fingerprint density at radius 2 is 0.579 bits per heavy atom. The molecule has 0 spiro atoms. The fraction of sp³-hybridized carbons (Fsp3) is 0.714. The quantitative estimate of drug-likeness (QED) is 0.0518. The molecule has 638 valence electrons. The van der Waals surface area contributed by atoms with Crippen LogP contribution >= 0.6 is 0 Å². The van der Waals surface area contributed by atoms with Crippen LogP contribution in [0.2, 0.25) is 0 Å². The number of carbonyl (C=O) groups excluding carboxylic acids is 4. The Kier molecular flexibility index (Phi) is 42.9. The Hall–Kier alpha value is -6.84. The zero-order chi connectivity index (χ0) is 84.2. The molecule has 0 saturated carbocycles. The zero-order valence-electron chi connectivity index (χ0n) is 76.3. The maximum atomic E-state index is 15.8. The molecule has 0 fully saturated rings. The summed E-state index contributed by atoms with van der Waals surface area (Å²) in [4.78, 5) is 81.5. The van der Waals surface area contributed by atoms with Gasteiger partial charge in [0.25, 0.3) is 23.6 Å². The van der Waals surface area contributed by atoms with E-state index in [1.54, 1.807) is 6.33 Å². The molecule has 4 N–H and O–H groups in total. The normalized spacial score (nSPS) is 17.0. The fourth-order valence-electron chi connectivity index (χ4n) is 17.1. The molecule has 0 saturated heterocycles. The molecule has 16 heteroatoms. The molecule has 0 bridgehead atoms. The standard InChI is InChI=1S/C98H162N12O4/c1-23-39-47-69(31-9)64-107(79(35-13)51-43-27-5)93(111)73-55-74(94(112)108(80(36-14)52-44-28-6)65-70(32-10)48-40-24-2)58-77(57-73)103-105-91-85(97(17,18)19)61-83(89(91)99)87-63-88(102-68-101-87)84-62-86(98(20,21)22)92(90(84)100)106-104-78-59-75(95(113)109(81(37-15)53-45-29-7)66-71(33-11)49-41-25-3)56-76(60-78)96(114)110(82(38-16)54-46-30-8)67-72(34-12)50-42-26-4/h55-63,68-72,79-84H,23-54,64-67,99-100H2,1-22H3/b105-103+,106-104+. The number of allylic oxidation sites excluding steroid dienone is 4. The summed E-state index contributed by atoms with van der Waals surface area (Å²) < 4.78 is 0. The van der Waals surface area contributed by atoms with Crippen LogP contribution in [0.3, 0.4) is 0 Å². The molecule has 114 heavy (non-hydrogen) atoms. The van der Waals surface area contributed by atoms with Crippen molar-refractivity contribution in [3.63, 3.8) is 0 Å². The van der Waals surface area contributed by atoms with Crippen molar-refractivity contribution in [2.75, 3.05) is 26.2 Å². The van der Waals surface area contributed by atoms with Crippen molar-refractivity contribution in [1.29, 1.82) is 0 Å². The fourth-order valence-corrected chi connectivity index (χ4v) is 17.1. The second kappa shape index (κ2) is 50.0. The maximum Gasteiger partial charge on any atom is 0.254 e. The lowest BCUT2D eigenvalue weighted by Gasteiger charge is -2.35. The van der Waals surface area contributed by atoms with E-state index in [0.29, 0.717) is 118 Å². The number of benzene rings is 2. The average Bonchev–Trinajstić information content (AvgIpc) is 1.60. The van der Waals surface area contributed by atoms with E-state index in [0.717, 1.165) is 217 Å². The third kappa shape index (κ3) is 28.2. The predicted molar refractivity (Wildman–Crippen MR) is 479 cm³/mol. The van der Waals surface area contributed by atoms with Crippen molar-refractivity contribution in [2.45, 2.75) is 394 Å². The molecule has 2 aliphatic carbocycles. The second-order valence-electron chi connectivity index (χ2n) is 35.8. The van der Waals surface area contributed by atoms with E-state index in [4.69, 9.17) is 41.9 Å². The van der Waals surface area contributed by atoms with E-state index in [1.165, 1.54) is 0 Å².